The zero-order chi connectivity index (χ0) is 19.9. The molecule has 1 saturated heterocycles. The Hall–Kier alpha value is -2.08. The number of carbonyl (C=O) groups is 1. The Morgan fingerprint density at radius 2 is 1.82 bits per heavy atom. The molecule has 1 aliphatic carbocycles. The number of fused-ring (bicyclic) bond motifs is 1. The first kappa shape index (κ1) is 19.2. The fourth-order valence-corrected chi connectivity index (χ4v) is 4.23. The van der Waals surface area contributed by atoms with Crippen LogP contribution in [0.1, 0.15) is 29.6 Å². The standard InChI is InChI=1S/C22H24F3NO2/c1-28-18-7-6-15-10-17(5-4-16(15)11-18)21(27)19-13-26(12-14-2-3-14)9-8-20(19)22(23,24)25/h4-7,10-11,14,19-20H,2-3,8-9,12-13H2,1H3. The summed E-state index contributed by atoms with van der Waals surface area (Å²) in [4.78, 5) is 15.2. The number of piperidine rings is 1. The van der Waals surface area contributed by atoms with Gasteiger partial charge in [0.15, 0.2) is 5.78 Å². The number of alkyl halides is 3. The number of ether oxygens (including phenoxy) is 1. The molecular weight excluding hydrogens is 367 g/mol. The Kier molecular flexibility index (Phi) is 5.08. The van der Waals surface area contributed by atoms with Crippen LogP contribution in [0, 0.1) is 17.8 Å². The molecule has 1 saturated carbocycles. The highest BCUT2D eigenvalue weighted by Gasteiger charge is 2.49. The summed E-state index contributed by atoms with van der Waals surface area (Å²) >= 11 is 0. The van der Waals surface area contributed by atoms with E-state index in [0.717, 1.165) is 30.2 Å². The van der Waals surface area contributed by atoms with Crippen LogP contribution in [-0.4, -0.2) is 43.6 Å². The molecule has 0 bridgehead atoms. The Bertz CT molecular complexity index is 876. The van der Waals surface area contributed by atoms with Gasteiger partial charge in [-0.25, -0.2) is 0 Å². The van der Waals surface area contributed by atoms with Gasteiger partial charge in [-0.3, -0.25) is 4.79 Å². The number of nitrogens with zero attached hydrogens (tertiary/aromatic N) is 1. The molecule has 0 amide bonds. The number of carbonyl (C=O) groups excluding carboxylic acids is 1. The Morgan fingerprint density at radius 3 is 2.50 bits per heavy atom. The van der Waals surface area contributed by atoms with Crippen molar-refractivity contribution in [1.82, 2.24) is 4.90 Å². The summed E-state index contributed by atoms with van der Waals surface area (Å²) in [5.74, 6) is -1.72. The lowest BCUT2D eigenvalue weighted by molar-refractivity contribution is -0.195. The van der Waals surface area contributed by atoms with E-state index in [1.807, 2.05) is 17.0 Å². The summed E-state index contributed by atoms with van der Waals surface area (Å²) < 4.78 is 46.1. The third-order valence-corrected chi connectivity index (χ3v) is 6.00. The second-order valence-corrected chi connectivity index (χ2v) is 8.04. The molecule has 2 aromatic carbocycles. The molecule has 1 aliphatic heterocycles. The Morgan fingerprint density at radius 1 is 1.11 bits per heavy atom. The van der Waals surface area contributed by atoms with Gasteiger partial charge in [-0.15, -0.1) is 0 Å². The van der Waals surface area contributed by atoms with Crippen molar-refractivity contribution in [3.8, 4) is 5.75 Å². The SMILES string of the molecule is COc1ccc2cc(C(=O)C3CN(CC4CC4)CCC3C(F)(F)F)ccc2c1. The largest absolute Gasteiger partial charge is 0.497 e. The first-order valence-corrected chi connectivity index (χ1v) is 9.76. The maximum absolute atomic E-state index is 13.6. The van der Waals surface area contributed by atoms with Crippen molar-refractivity contribution in [2.24, 2.45) is 17.8 Å². The first-order chi connectivity index (χ1) is 13.3. The van der Waals surface area contributed by atoms with Crippen LogP contribution in [0.4, 0.5) is 13.2 Å². The molecule has 28 heavy (non-hydrogen) atoms. The molecule has 0 aromatic heterocycles. The molecule has 150 valence electrons. The maximum atomic E-state index is 13.6. The van der Waals surface area contributed by atoms with Crippen LogP contribution in [0.15, 0.2) is 36.4 Å². The van der Waals surface area contributed by atoms with Crippen molar-refractivity contribution < 1.29 is 22.7 Å². The zero-order valence-corrected chi connectivity index (χ0v) is 15.8. The molecule has 2 unspecified atom stereocenters. The van der Waals surface area contributed by atoms with Gasteiger partial charge in [0.1, 0.15) is 5.75 Å². The Labute approximate surface area is 162 Å². The normalized spacial score (nSPS) is 23.7. The van der Waals surface area contributed by atoms with Gasteiger partial charge in [0.2, 0.25) is 0 Å². The van der Waals surface area contributed by atoms with Crippen LogP contribution in [0.5, 0.6) is 5.75 Å². The van der Waals surface area contributed by atoms with Crippen molar-refractivity contribution >= 4 is 16.6 Å². The highest BCUT2D eigenvalue weighted by atomic mass is 19.4. The topological polar surface area (TPSA) is 29.5 Å². The molecule has 2 aliphatic rings. The van der Waals surface area contributed by atoms with E-state index in [1.54, 1.807) is 31.4 Å². The molecule has 0 N–H and O–H groups in total. The zero-order valence-electron chi connectivity index (χ0n) is 15.8. The average Bonchev–Trinajstić information content (AvgIpc) is 3.49. The molecule has 2 atom stereocenters. The minimum absolute atomic E-state index is 0.00257. The van der Waals surface area contributed by atoms with Gasteiger partial charge < -0.3 is 9.64 Å². The molecular formula is C22H24F3NO2. The third-order valence-electron chi connectivity index (χ3n) is 6.00. The van der Waals surface area contributed by atoms with Gasteiger partial charge in [0.05, 0.1) is 13.0 Å². The molecule has 6 heteroatoms. The van der Waals surface area contributed by atoms with E-state index in [1.165, 1.54) is 0 Å². The fourth-order valence-electron chi connectivity index (χ4n) is 4.23. The lowest BCUT2D eigenvalue weighted by atomic mass is 9.79. The summed E-state index contributed by atoms with van der Waals surface area (Å²) in [5.41, 5.74) is 0.352. The summed E-state index contributed by atoms with van der Waals surface area (Å²) in [6, 6.07) is 10.6. The van der Waals surface area contributed by atoms with Crippen molar-refractivity contribution in [1.29, 1.82) is 0 Å². The number of Topliss-reactive ketones (excluding diaryl/α,β-unsaturated/α-hetero) is 1. The maximum Gasteiger partial charge on any atom is 0.392 e. The minimum atomic E-state index is -4.35. The van der Waals surface area contributed by atoms with E-state index < -0.39 is 23.8 Å². The second kappa shape index (κ2) is 7.39. The van der Waals surface area contributed by atoms with Crippen molar-refractivity contribution in [3.05, 3.63) is 42.0 Å². The van der Waals surface area contributed by atoms with Crippen LogP contribution >= 0.6 is 0 Å². The number of halogens is 3. The van der Waals surface area contributed by atoms with Gasteiger partial charge in [0, 0.05) is 24.6 Å². The van der Waals surface area contributed by atoms with Gasteiger partial charge in [-0.1, -0.05) is 18.2 Å². The summed E-state index contributed by atoms with van der Waals surface area (Å²) in [6.07, 6.45) is -2.06. The quantitative estimate of drug-likeness (QED) is 0.676. The van der Waals surface area contributed by atoms with Crippen LogP contribution in [0.3, 0.4) is 0 Å². The van der Waals surface area contributed by atoms with Gasteiger partial charge in [-0.2, -0.15) is 13.2 Å². The predicted molar refractivity (Wildman–Crippen MR) is 102 cm³/mol. The van der Waals surface area contributed by atoms with Gasteiger partial charge in [-0.05, 0) is 60.7 Å². The number of hydrogen-bond donors (Lipinski definition) is 0. The number of methoxy groups -OCH3 is 1. The van der Waals surface area contributed by atoms with E-state index in [-0.39, 0.29) is 13.0 Å². The number of benzene rings is 2. The van der Waals surface area contributed by atoms with Crippen molar-refractivity contribution in [3.63, 3.8) is 0 Å². The van der Waals surface area contributed by atoms with Crippen LogP contribution in [0.25, 0.3) is 10.8 Å². The number of rotatable bonds is 5. The van der Waals surface area contributed by atoms with Crippen molar-refractivity contribution in [2.45, 2.75) is 25.4 Å². The molecule has 0 spiro atoms. The number of likely N-dealkylation sites (tertiary alicyclic amines) is 1. The summed E-state index contributed by atoms with van der Waals surface area (Å²) in [5, 5.41) is 1.71. The van der Waals surface area contributed by atoms with Gasteiger partial charge >= 0.3 is 6.18 Å². The monoisotopic (exact) mass is 391 g/mol. The summed E-state index contributed by atoms with van der Waals surface area (Å²) in [6.45, 7) is 1.42. The predicted octanol–water partition coefficient (Wildman–Crippen LogP) is 4.94. The first-order valence-electron chi connectivity index (χ1n) is 9.76. The minimum Gasteiger partial charge on any atom is -0.497 e. The molecule has 4 rings (SSSR count). The fraction of sp³-hybridized carbons (Fsp3) is 0.500. The number of ketones is 1. The highest BCUT2D eigenvalue weighted by Crippen LogP contribution is 2.41. The lowest BCUT2D eigenvalue weighted by Crippen LogP contribution is -2.49. The lowest BCUT2D eigenvalue weighted by Gasteiger charge is -2.38. The second-order valence-electron chi connectivity index (χ2n) is 8.04. The van der Waals surface area contributed by atoms with E-state index in [0.29, 0.717) is 23.8 Å². The molecule has 2 aromatic rings. The average molecular weight is 391 g/mol. The number of hydrogen-bond acceptors (Lipinski definition) is 3. The Balaban J connectivity index is 1.61. The van der Waals surface area contributed by atoms with Gasteiger partial charge in [0.25, 0.3) is 0 Å². The van der Waals surface area contributed by atoms with Crippen LogP contribution in [-0.2, 0) is 0 Å². The van der Waals surface area contributed by atoms with Crippen molar-refractivity contribution in [2.75, 3.05) is 26.7 Å². The molecule has 3 nitrogen and oxygen atoms in total. The molecule has 2 fully saturated rings. The van der Waals surface area contributed by atoms with E-state index in [9.17, 15) is 18.0 Å². The smallest absolute Gasteiger partial charge is 0.392 e. The molecule has 0 radical (unpaired) electrons. The summed E-state index contributed by atoms with van der Waals surface area (Å²) in [7, 11) is 1.58. The third kappa shape index (κ3) is 4.02. The molecule has 1 heterocycles. The van der Waals surface area contributed by atoms with Crippen LogP contribution in [0.2, 0.25) is 0 Å². The highest BCUT2D eigenvalue weighted by molar-refractivity contribution is 6.01. The van der Waals surface area contributed by atoms with E-state index in [2.05, 4.69) is 0 Å². The van der Waals surface area contributed by atoms with E-state index in [4.69, 9.17) is 4.74 Å². The van der Waals surface area contributed by atoms with E-state index >= 15 is 0 Å². The van der Waals surface area contributed by atoms with Crippen LogP contribution < -0.4 is 4.74 Å².